The highest BCUT2D eigenvalue weighted by Crippen LogP contribution is 2.25. The molecule has 3 nitrogen and oxygen atoms in total. The van der Waals surface area contributed by atoms with Gasteiger partial charge in [-0.1, -0.05) is 17.7 Å². The number of nitrogen functional groups attached to an aromatic ring is 1. The van der Waals surface area contributed by atoms with Crippen LogP contribution in [0, 0.1) is 0 Å². The molecule has 0 atom stereocenters. The van der Waals surface area contributed by atoms with Gasteiger partial charge in [-0.2, -0.15) is 0 Å². The summed E-state index contributed by atoms with van der Waals surface area (Å²) < 4.78 is 4.97. The van der Waals surface area contributed by atoms with E-state index in [-0.39, 0.29) is 0 Å². The molecule has 1 aliphatic rings. The summed E-state index contributed by atoms with van der Waals surface area (Å²) in [4.78, 5) is 0. The molecule has 0 bridgehead atoms. The molecule has 3 N–H and O–H groups in total. The molecule has 0 aliphatic carbocycles. The van der Waals surface area contributed by atoms with Crippen molar-refractivity contribution < 1.29 is 9.68 Å². The highest BCUT2D eigenvalue weighted by Gasteiger charge is 2.29. The molecule has 0 radical (unpaired) electrons. The Morgan fingerprint density at radius 1 is 1.58 bits per heavy atom. The number of anilines is 1. The Hall–Kier alpha value is -0.705. The summed E-state index contributed by atoms with van der Waals surface area (Å²) >= 11 is 5.89. The maximum atomic E-state index is 9.27. The van der Waals surface area contributed by atoms with Crippen molar-refractivity contribution in [1.29, 1.82) is 0 Å². The van der Waals surface area contributed by atoms with Crippen molar-refractivity contribution in [2.75, 3.05) is 5.73 Å². The lowest BCUT2D eigenvalue weighted by molar-refractivity contribution is 0.275. The van der Waals surface area contributed by atoms with Crippen molar-refractivity contribution in [3.05, 3.63) is 22.7 Å². The van der Waals surface area contributed by atoms with Gasteiger partial charge < -0.3 is 15.4 Å². The summed E-state index contributed by atoms with van der Waals surface area (Å²) in [5.74, 6) is 0. The third-order valence-electron chi connectivity index (χ3n) is 1.96. The van der Waals surface area contributed by atoms with E-state index in [2.05, 4.69) is 0 Å². The summed E-state index contributed by atoms with van der Waals surface area (Å²) in [6.45, 7) is 0.334. The molecule has 0 unspecified atom stereocenters. The van der Waals surface area contributed by atoms with E-state index in [0.29, 0.717) is 22.8 Å². The zero-order chi connectivity index (χ0) is 8.72. The lowest BCUT2D eigenvalue weighted by atomic mass is 9.79. The van der Waals surface area contributed by atoms with Crippen LogP contribution in [-0.2, 0) is 11.3 Å². The summed E-state index contributed by atoms with van der Waals surface area (Å²) in [5, 5.41) is 9.76. The van der Waals surface area contributed by atoms with E-state index in [4.69, 9.17) is 22.0 Å². The Labute approximate surface area is 75.2 Å². The fourth-order valence-electron chi connectivity index (χ4n) is 1.28. The molecule has 0 amide bonds. The van der Waals surface area contributed by atoms with Gasteiger partial charge >= 0.3 is 7.12 Å². The van der Waals surface area contributed by atoms with Crippen molar-refractivity contribution in [2.24, 2.45) is 0 Å². The van der Waals surface area contributed by atoms with E-state index in [0.717, 1.165) is 5.56 Å². The van der Waals surface area contributed by atoms with Crippen LogP contribution in [0.1, 0.15) is 5.56 Å². The van der Waals surface area contributed by atoms with Crippen LogP contribution >= 0.6 is 11.6 Å². The second-order valence-corrected chi connectivity index (χ2v) is 3.08. The molecule has 5 heteroatoms. The van der Waals surface area contributed by atoms with E-state index in [1.165, 1.54) is 0 Å². The van der Waals surface area contributed by atoms with Crippen LogP contribution < -0.4 is 11.2 Å². The maximum absolute atomic E-state index is 9.27. The van der Waals surface area contributed by atoms with Gasteiger partial charge in [0.1, 0.15) is 0 Å². The largest absolute Gasteiger partial charge is 0.491 e. The smallest absolute Gasteiger partial charge is 0.423 e. The predicted octanol–water partition coefficient (Wildman–Crippen LogP) is 0.140. The lowest BCUT2D eigenvalue weighted by Gasteiger charge is -2.02. The van der Waals surface area contributed by atoms with Crippen LogP contribution in [0.5, 0.6) is 0 Å². The summed E-state index contributed by atoms with van der Waals surface area (Å²) in [7, 11) is -0.849. The van der Waals surface area contributed by atoms with E-state index in [1.54, 1.807) is 12.1 Å². The summed E-state index contributed by atoms with van der Waals surface area (Å²) in [5.41, 5.74) is 7.60. The first-order valence-electron chi connectivity index (χ1n) is 3.56. The van der Waals surface area contributed by atoms with Gasteiger partial charge in [0.2, 0.25) is 0 Å². The van der Waals surface area contributed by atoms with Crippen molar-refractivity contribution in [3.63, 3.8) is 0 Å². The summed E-state index contributed by atoms with van der Waals surface area (Å²) in [6, 6.07) is 3.40. The van der Waals surface area contributed by atoms with Crippen molar-refractivity contribution in [2.45, 2.75) is 6.61 Å². The van der Waals surface area contributed by atoms with Gasteiger partial charge in [0.05, 0.1) is 17.3 Å². The molecule has 0 aromatic heterocycles. The van der Waals surface area contributed by atoms with Crippen molar-refractivity contribution >= 4 is 29.9 Å². The van der Waals surface area contributed by atoms with E-state index in [9.17, 15) is 5.02 Å². The minimum absolute atomic E-state index is 0.334. The van der Waals surface area contributed by atoms with Gasteiger partial charge in [-0.3, -0.25) is 0 Å². The van der Waals surface area contributed by atoms with Crippen molar-refractivity contribution in [1.82, 2.24) is 0 Å². The normalized spacial score (nSPS) is 15.0. The monoisotopic (exact) mass is 183 g/mol. The molecule has 1 heterocycles. The quantitative estimate of drug-likeness (QED) is 0.444. The second kappa shape index (κ2) is 2.66. The second-order valence-electron chi connectivity index (χ2n) is 2.70. The number of benzene rings is 1. The molecule has 2 rings (SSSR count). The Morgan fingerprint density at radius 3 is 3.08 bits per heavy atom. The number of rotatable bonds is 0. The van der Waals surface area contributed by atoms with Crippen LogP contribution in [0.25, 0.3) is 0 Å². The predicted molar refractivity (Wildman–Crippen MR) is 48.3 cm³/mol. The van der Waals surface area contributed by atoms with Gasteiger partial charge in [-0.15, -0.1) is 0 Å². The minimum atomic E-state index is -0.849. The number of fused-ring (bicyclic) bond motifs is 1. The number of nitrogens with two attached hydrogens (primary N) is 1. The first-order chi connectivity index (χ1) is 5.70. The SMILES string of the molecule is Nc1ccc2c(c1Cl)COB2O. The van der Waals surface area contributed by atoms with Gasteiger partial charge in [-0.25, -0.2) is 0 Å². The van der Waals surface area contributed by atoms with Gasteiger partial charge in [0.15, 0.2) is 0 Å². The number of hydrogen-bond donors (Lipinski definition) is 2. The molecule has 0 spiro atoms. The molecule has 0 saturated carbocycles. The highest BCUT2D eigenvalue weighted by atomic mass is 35.5. The standard InChI is InChI=1S/C7H7BClNO2/c9-7-4-3-12-8(11)5(4)1-2-6(7)10/h1-2,11H,3,10H2. The van der Waals surface area contributed by atoms with Crippen LogP contribution in [0.3, 0.4) is 0 Å². The molecular formula is C7H7BClNO2. The molecule has 1 aromatic carbocycles. The zero-order valence-corrected chi connectivity index (χ0v) is 7.01. The van der Waals surface area contributed by atoms with Gasteiger partial charge in [0.25, 0.3) is 0 Å². The highest BCUT2D eigenvalue weighted by molar-refractivity contribution is 6.62. The van der Waals surface area contributed by atoms with Crippen LogP contribution in [-0.4, -0.2) is 12.1 Å². The molecule has 0 saturated heterocycles. The van der Waals surface area contributed by atoms with E-state index < -0.39 is 7.12 Å². The Kier molecular flexibility index (Phi) is 1.75. The van der Waals surface area contributed by atoms with Gasteiger partial charge in [0, 0.05) is 0 Å². The number of hydrogen-bond acceptors (Lipinski definition) is 3. The molecule has 62 valence electrons. The molecule has 0 fully saturated rings. The van der Waals surface area contributed by atoms with Gasteiger partial charge in [-0.05, 0) is 17.1 Å². The minimum Gasteiger partial charge on any atom is -0.423 e. The Balaban J connectivity index is 2.60. The lowest BCUT2D eigenvalue weighted by Crippen LogP contribution is -2.28. The van der Waals surface area contributed by atoms with E-state index >= 15 is 0 Å². The van der Waals surface area contributed by atoms with Crippen LogP contribution in [0.2, 0.25) is 5.02 Å². The molecule has 1 aliphatic heterocycles. The third-order valence-corrected chi connectivity index (χ3v) is 2.41. The van der Waals surface area contributed by atoms with E-state index in [1.807, 2.05) is 0 Å². The van der Waals surface area contributed by atoms with Crippen LogP contribution in [0.4, 0.5) is 5.69 Å². The molecule has 12 heavy (non-hydrogen) atoms. The fourth-order valence-corrected chi connectivity index (χ4v) is 1.51. The average molecular weight is 183 g/mol. The first kappa shape index (κ1) is 7.92. The third kappa shape index (κ3) is 1.000. The summed E-state index contributed by atoms with van der Waals surface area (Å²) in [6.07, 6.45) is 0. The topological polar surface area (TPSA) is 55.5 Å². The zero-order valence-electron chi connectivity index (χ0n) is 6.25. The average Bonchev–Trinajstić information content (AvgIpc) is 2.41. The molecule has 1 aromatic rings. The van der Waals surface area contributed by atoms with Crippen LogP contribution in [0.15, 0.2) is 12.1 Å². The Bertz CT molecular complexity index is 331. The van der Waals surface area contributed by atoms with Crippen molar-refractivity contribution in [3.8, 4) is 0 Å². The Morgan fingerprint density at radius 2 is 2.33 bits per heavy atom. The fraction of sp³-hybridized carbons (Fsp3) is 0.143. The number of halogens is 1. The molecular weight excluding hydrogens is 176 g/mol. The first-order valence-corrected chi connectivity index (χ1v) is 3.94. The maximum Gasteiger partial charge on any atom is 0.491 e.